The number of piperidine rings is 1. The normalized spacial score (nSPS) is 17.0. The summed E-state index contributed by atoms with van der Waals surface area (Å²) in [4.78, 5) is 39.0. The van der Waals surface area contributed by atoms with Crippen molar-refractivity contribution in [3.63, 3.8) is 0 Å². The molecular weight excluding hydrogens is 448 g/mol. The first-order valence-corrected chi connectivity index (χ1v) is 11.9. The molecule has 1 aliphatic rings. The smallest absolute Gasteiger partial charge is 0.321 e. The summed E-state index contributed by atoms with van der Waals surface area (Å²) in [5.41, 5.74) is 0.861. The molecule has 2 aromatic rings. The summed E-state index contributed by atoms with van der Waals surface area (Å²) in [5, 5.41) is 10.4. The van der Waals surface area contributed by atoms with Gasteiger partial charge < -0.3 is 20.3 Å². The molecule has 0 radical (unpaired) electrons. The number of ether oxygens (including phenoxy) is 1. The Balaban J connectivity index is 1.54. The van der Waals surface area contributed by atoms with E-state index < -0.39 is 33.9 Å². The van der Waals surface area contributed by atoms with Crippen LogP contribution in [-0.2, 0) is 24.3 Å². The topological polar surface area (TPSA) is 148 Å². The number of amides is 3. The molecule has 0 bridgehead atoms. The number of likely N-dealkylation sites (tertiary alicyclic amines) is 1. The third kappa shape index (κ3) is 6.77. The van der Waals surface area contributed by atoms with Crippen LogP contribution in [0.3, 0.4) is 0 Å². The molecule has 1 saturated heterocycles. The second-order valence-electron chi connectivity index (χ2n) is 7.72. The van der Waals surface area contributed by atoms with Crippen molar-refractivity contribution < 1.29 is 27.5 Å². The molecule has 1 heterocycles. The molecule has 3 amide bonds. The number of carbonyl (C=O) groups excluding carboxylic acids is 3. The Labute approximate surface area is 192 Å². The van der Waals surface area contributed by atoms with Crippen LogP contribution in [0.15, 0.2) is 59.5 Å². The Morgan fingerprint density at radius 2 is 1.76 bits per heavy atom. The van der Waals surface area contributed by atoms with E-state index in [2.05, 4.69) is 10.6 Å². The van der Waals surface area contributed by atoms with E-state index in [1.807, 2.05) is 18.2 Å². The number of rotatable bonds is 6. The first-order chi connectivity index (χ1) is 15.6. The number of hydrogen-bond acceptors (Lipinski definition) is 6. The van der Waals surface area contributed by atoms with Crippen LogP contribution < -0.4 is 15.8 Å². The molecular formula is C22H26N4O6S. The number of nitrogens with one attached hydrogen (secondary N) is 2. The van der Waals surface area contributed by atoms with E-state index in [-0.39, 0.29) is 23.2 Å². The Bertz CT molecular complexity index is 1120. The van der Waals surface area contributed by atoms with E-state index in [0.29, 0.717) is 25.1 Å². The first-order valence-electron chi connectivity index (χ1n) is 10.4. The lowest BCUT2D eigenvalue weighted by Crippen LogP contribution is -2.45. The standard InChI is InChI=1S/C22H26N4O6S/c1-15(20(27)24-18-10-5-11-19(13-18)33(23,30)31)32-21(28)16-7-6-12-26(14-16)22(29)25-17-8-3-2-4-9-17/h2-5,8-11,13,15-16H,6-7,12,14H2,1H3,(H,24,27)(H,25,29)(H2,23,30,31). The molecule has 10 nitrogen and oxygen atoms in total. The minimum atomic E-state index is -3.92. The number of carbonyl (C=O) groups is 3. The summed E-state index contributed by atoms with van der Waals surface area (Å²) in [6.07, 6.45) is 0.0471. The predicted molar refractivity (Wildman–Crippen MR) is 122 cm³/mol. The highest BCUT2D eigenvalue weighted by molar-refractivity contribution is 7.89. The summed E-state index contributed by atoms with van der Waals surface area (Å²) in [7, 11) is -3.92. The highest BCUT2D eigenvalue weighted by Crippen LogP contribution is 2.20. The van der Waals surface area contributed by atoms with Crippen LogP contribution in [0, 0.1) is 5.92 Å². The van der Waals surface area contributed by atoms with Crippen molar-refractivity contribution in [1.29, 1.82) is 0 Å². The van der Waals surface area contributed by atoms with Crippen molar-refractivity contribution in [2.45, 2.75) is 30.8 Å². The molecule has 0 saturated carbocycles. The quantitative estimate of drug-likeness (QED) is 0.547. The fourth-order valence-electron chi connectivity index (χ4n) is 3.40. The van der Waals surface area contributed by atoms with Gasteiger partial charge >= 0.3 is 12.0 Å². The molecule has 2 unspecified atom stereocenters. The zero-order valence-electron chi connectivity index (χ0n) is 18.1. The van der Waals surface area contributed by atoms with Gasteiger partial charge in [0.2, 0.25) is 10.0 Å². The molecule has 3 rings (SSSR count). The van der Waals surface area contributed by atoms with E-state index in [4.69, 9.17) is 9.88 Å². The van der Waals surface area contributed by atoms with Gasteiger partial charge in [-0.1, -0.05) is 24.3 Å². The largest absolute Gasteiger partial charge is 0.452 e. The minimum Gasteiger partial charge on any atom is -0.452 e. The van der Waals surface area contributed by atoms with E-state index in [0.717, 1.165) is 0 Å². The second kappa shape index (κ2) is 10.5. The van der Waals surface area contributed by atoms with Crippen LogP contribution in [0.1, 0.15) is 19.8 Å². The van der Waals surface area contributed by atoms with Crippen molar-refractivity contribution in [2.75, 3.05) is 23.7 Å². The molecule has 4 N–H and O–H groups in total. The number of nitrogens with two attached hydrogens (primary N) is 1. The first kappa shape index (κ1) is 24.2. The molecule has 0 aromatic heterocycles. The third-order valence-electron chi connectivity index (χ3n) is 5.16. The number of sulfonamides is 1. The van der Waals surface area contributed by atoms with Gasteiger partial charge in [-0.15, -0.1) is 0 Å². The maximum absolute atomic E-state index is 12.6. The van der Waals surface area contributed by atoms with Crippen LogP contribution in [0.5, 0.6) is 0 Å². The molecule has 33 heavy (non-hydrogen) atoms. The molecule has 11 heteroatoms. The van der Waals surface area contributed by atoms with Crippen LogP contribution in [-0.4, -0.2) is 50.4 Å². The van der Waals surface area contributed by atoms with Crippen LogP contribution in [0.2, 0.25) is 0 Å². The fourth-order valence-corrected chi connectivity index (χ4v) is 3.96. The van der Waals surface area contributed by atoms with Crippen molar-refractivity contribution >= 4 is 39.3 Å². The summed E-state index contributed by atoms with van der Waals surface area (Å²) in [6.45, 7) is 2.11. The van der Waals surface area contributed by atoms with Crippen LogP contribution in [0.4, 0.5) is 16.2 Å². The van der Waals surface area contributed by atoms with Crippen molar-refractivity contribution in [2.24, 2.45) is 11.1 Å². The molecule has 0 aliphatic carbocycles. The third-order valence-corrected chi connectivity index (χ3v) is 6.07. The summed E-state index contributed by atoms with van der Waals surface area (Å²) in [5.74, 6) is -1.75. The molecule has 2 aromatic carbocycles. The van der Waals surface area contributed by atoms with Gasteiger partial charge in [0.1, 0.15) is 0 Å². The van der Waals surface area contributed by atoms with Gasteiger partial charge in [0.05, 0.1) is 10.8 Å². The zero-order valence-corrected chi connectivity index (χ0v) is 18.9. The van der Waals surface area contributed by atoms with E-state index in [1.54, 1.807) is 17.0 Å². The maximum Gasteiger partial charge on any atom is 0.321 e. The number of primary sulfonamides is 1. The Morgan fingerprint density at radius 1 is 1.06 bits per heavy atom. The Hall–Kier alpha value is -3.44. The lowest BCUT2D eigenvalue weighted by atomic mass is 9.98. The van der Waals surface area contributed by atoms with Crippen LogP contribution in [0.25, 0.3) is 0 Å². The van der Waals surface area contributed by atoms with Gasteiger partial charge in [0, 0.05) is 24.5 Å². The average Bonchev–Trinajstić information content (AvgIpc) is 2.79. The van der Waals surface area contributed by atoms with Gasteiger partial charge in [-0.05, 0) is 50.1 Å². The summed E-state index contributed by atoms with van der Waals surface area (Å²) in [6, 6.07) is 14.1. The van der Waals surface area contributed by atoms with E-state index in [9.17, 15) is 22.8 Å². The van der Waals surface area contributed by atoms with Gasteiger partial charge in [0.25, 0.3) is 5.91 Å². The number of para-hydroxylation sites is 1. The zero-order chi connectivity index (χ0) is 24.0. The van der Waals surface area contributed by atoms with Crippen LogP contribution >= 0.6 is 0 Å². The van der Waals surface area contributed by atoms with Crippen molar-refractivity contribution in [3.05, 3.63) is 54.6 Å². The van der Waals surface area contributed by atoms with Gasteiger partial charge in [0.15, 0.2) is 6.10 Å². The summed E-state index contributed by atoms with van der Waals surface area (Å²) >= 11 is 0. The minimum absolute atomic E-state index is 0.152. The number of esters is 1. The number of benzene rings is 2. The van der Waals surface area contributed by atoms with Crippen molar-refractivity contribution in [3.8, 4) is 0 Å². The Morgan fingerprint density at radius 3 is 2.45 bits per heavy atom. The SMILES string of the molecule is CC(OC(=O)C1CCCN(C(=O)Nc2ccccc2)C1)C(=O)Nc1cccc(S(N)(=O)=O)c1. The molecule has 1 aliphatic heterocycles. The molecule has 0 spiro atoms. The Kier molecular flexibility index (Phi) is 7.67. The summed E-state index contributed by atoms with van der Waals surface area (Å²) < 4.78 is 28.2. The monoisotopic (exact) mass is 474 g/mol. The maximum atomic E-state index is 12.6. The average molecular weight is 475 g/mol. The van der Waals surface area contributed by atoms with E-state index >= 15 is 0 Å². The van der Waals surface area contributed by atoms with E-state index in [1.165, 1.54) is 31.2 Å². The molecule has 1 fully saturated rings. The number of hydrogen-bond donors (Lipinski definition) is 3. The molecule has 176 valence electrons. The predicted octanol–water partition coefficient (Wildman–Crippen LogP) is 2.15. The lowest BCUT2D eigenvalue weighted by molar-refractivity contribution is -0.158. The number of nitrogens with zero attached hydrogens (tertiary/aromatic N) is 1. The van der Waals surface area contributed by atoms with Gasteiger partial charge in [-0.3, -0.25) is 9.59 Å². The highest BCUT2D eigenvalue weighted by Gasteiger charge is 2.31. The second-order valence-corrected chi connectivity index (χ2v) is 9.28. The molecule has 2 atom stereocenters. The van der Waals surface area contributed by atoms with Crippen molar-refractivity contribution in [1.82, 2.24) is 4.90 Å². The van der Waals surface area contributed by atoms with Gasteiger partial charge in [-0.2, -0.15) is 0 Å². The highest BCUT2D eigenvalue weighted by atomic mass is 32.2. The number of urea groups is 1. The lowest BCUT2D eigenvalue weighted by Gasteiger charge is -2.32. The van der Waals surface area contributed by atoms with Gasteiger partial charge in [-0.25, -0.2) is 18.4 Å². The number of anilines is 2. The fraction of sp³-hybridized carbons (Fsp3) is 0.318.